The molecule has 0 aliphatic carbocycles. The predicted molar refractivity (Wildman–Crippen MR) is 93.6 cm³/mol. The summed E-state index contributed by atoms with van der Waals surface area (Å²) in [7, 11) is 0. The van der Waals surface area contributed by atoms with Crippen LogP contribution in [0.25, 0.3) is 0 Å². The lowest BCUT2D eigenvalue weighted by Crippen LogP contribution is -2.22. The number of halogens is 2. The quantitative estimate of drug-likeness (QED) is 0.539. The van der Waals surface area contributed by atoms with Crippen molar-refractivity contribution in [3.63, 3.8) is 0 Å². The maximum Gasteiger partial charge on any atom is 0.272 e. The van der Waals surface area contributed by atoms with E-state index in [1.807, 2.05) is 13.8 Å². The van der Waals surface area contributed by atoms with Crippen LogP contribution >= 0.6 is 23.2 Å². The number of hydrogen-bond donors (Lipinski definition) is 0. The molecule has 128 valence electrons. The number of hydrogen-bond acceptors (Lipinski definition) is 4. The van der Waals surface area contributed by atoms with E-state index < -0.39 is 4.92 Å². The number of rotatable bonds is 6. The van der Waals surface area contributed by atoms with Gasteiger partial charge in [-0.25, -0.2) is 0 Å². The Labute approximate surface area is 148 Å². The van der Waals surface area contributed by atoms with Gasteiger partial charge in [-0.3, -0.25) is 14.9 Å². The summed E-state index contributed by atoms with van der Waals surface area (Å²) < 4.78 is 7.25. The van der Waals surface area contributed by atoms with Crippen molar-refractivity contribution in [3.05, 3.63) is 60.5 Å². The van der Waals surface area contributed by atoms with E-state index in [1.54, 1.807) is 12.3 Å². The molecular formula is C16H16Cl2N2O4. The lowest BCUT2D eigenvalue weighted by atomic mass is 10.1. The minimum Gasteiger partial charge on any atom is -0.453 e. The van der Waals surface area contributed by atoms with Crippen LogP contribution in [0.15, 0.2) is 29.2 Å². The molecule has 0 N–H and O–H groups in total. The number of nitrogens with zero attached hydrogens (tertiary/aromatic N) is 2. The van der Waals surface area contributed by atoms with Crippen LogP contribution in [0, 0.1) is 10.1 Å². The minimum absolute atomic E-state index is 0.0282. The fourth-order valence-corrected chi connectivity index (χ4v) is 2.83. The lowest BCUT2D eigenvalue weighted by Gasteiger charge is -2.13. The molecule has 2 rings (SSSR count). The third kappa shape index (κ3) is 3.88. The van der Waals surface area contributed by atoms with E-state index in [0.717, 1.165) is 6.42 Å². The highest BCUT2D eigenvalue weighted by Crippen LogP contribution is 2.39. The fraction of sp³-hybridized carbons (Fsp3) is 0.312. The van der Waals surface area contributed by atoms with Crippen molar-refractivity contribution in [1.29, 1.82) is 0 Å². The van der Waals surface area contributed by atoms with Gasteiger partial charge in [-0.2, -0.15) is 0 Å². The molecule has 1 heterocycles. The van der Waals surface area contributed by atoms with Crippen LogP contribution in [0.5, 0.6) is 11.5 Å². The van der Waals surface area contributed by atoms with Gasteiger partial charge >= 0.3 is 0 Å². The molecule has 0 saturated heterocycles. The van der Waals surface area contributed by atoms with Crippen LogP contribution in [-0.4, -0.2) is 9.49 Å². The van der Waals surface area contributed by atoms with Gasteiger partial charge < -0.3 is 9.30 Å². The topological polar surface area (TPSA) is 74.4 Å². The predicted octanol–water partition coefficient (Wildman–Crippen LogP) is 4.83. The highest BCUT2D eigenvalue weighted by molar-refractivity contribution is 6.37. The van der Waals surface area contributed by atoms with Crippen LogP contribution in [0.3, 0.4) is 0 Å². The number of aromatic nitrogens is 1. The first kappa shape index (κ1) is 18.3. The number of non-ortho nitro benzene ring substituents is 1. The Morgan fingerprint density at radius 3 is 2.33 bits per heavy atom. The number of benzene rings is 1. The van der Waals surface area contributed by atoms with Gasteiger partial charge in [0.15, 0.2) is 5.75 Å². The van der Waals surface area contributed by atoms with Gasteiger partial charge in [0.2, 0.25) is 0 Å². The van der Waals surface area contributed by atoms with Gasteiger partial charge in [0, 0.05) is 30.4 Å². The van der Waals surface area contributed by atoms with Gasteiger partial charge in [0.05, 0.1) is 15.0 Å². The fourth-order valence-electron chi connectivity index (χ4n) is 2.27. The Bertz CT molecular complexity index is 810. The van der Waals surface area contributed by atoms with Crippen LogP contribution in [0.2, 0.25) is 10.0 Å². The van der Waals surface area contributed by atoms with Crippen molar-refractivity contribution in [2.75, 3.05) is 0 Å². The molecule has 24 heavy (non-hydrogen) atoms. The van der Waals surface area contributed by atoms with Crippen molar-refractivity contribution >= 4 is 28.9 Å². The molecule has 1 aromatic carbocycles. The molecule has 0 bridgehead atoms. The van der Waals surface area contributed by atoms with E-state index in [-0.39, 0.29) is 27.0 Å². The van der Waals surface area contributed by atoms with Crippen LogP contribution in [0.4, 0.5) is 5.69 Å². The summed E-state index contributed by atoms with van der Waals surface area (Å²) in [5.41, 5.74) is 0.348. The number of aryl methyl sites for hydroxylation is 2. The molecule has 0 amide bonds. The molecular weight excluding hydrogens is 355 g/mol. The Morgan fingerprint density at radius 2 is 1.83 bits per heavy atom. The first-order valence-electron chi connectivity index (χ1n) is 7.42. The largest absolute Gasteiger partial charge is 0.453 e. The minimum atomic E-state index is -0.585. The average Bonchev–Trinajstić information content (AvgIpc) is 2.53. The normalized spacial score (nSPS) is 10.7. The molecule has 0 radical (unpaired) electrons. The Morgan fingerprint density at radius 1 is 1.21 bits per heavy atom. The molecule has 0 aliphatic rings. The molecule has 8 heteroatoms. The summed E-state index contributed by atoms with van der Waals surface area (Å²) in [6.45, 7) is 4.33. The van der Waals surface area contributed by atoms with E-state index in [1.165, 1.54) is 16.7 Å². The van der Waals surface area contributed by atoms with Crippen LogP contribution in [0.1, 0.15) is 25.8 Å². The smallest absolute Gasteiger partial charge is 0.272 e. The monoisotopic (exact) mass is 370 g/mol. The first-order chi connectivity index (χ1) is 11.4. The average molecular weight is 371 g/mol. The maximum absolute atomic E-state index is 12.2. The molecule has 0 unspecified atom stereocenters. The Kier molecular flexibility index (Phi) is 5.85. The Hall–Kier alpha value is -2.05. The second kappa shape index (κ2) is 7.68. The molecule has 2 aromatic rings. The molecule has 0 spiro atoms. The van der Waals surface area contributed by atoms with Crippen molar-refractivity contribution in [3.8, 4) is 11.5 Å². The highest BCUT2D eigenvalue weighted by atomic mass is 35.5. The highest BCUT2D eigenvalue weighted by Gasteiger charge is 2.17. The molecule has 1 aromatic heterocycles. The summed E-state index contributed by atoms with van der Waals surface area (Å²) in [4.78, 5) is 22.5. The van der Waals surface area contributed by atoms with Gasteiger partial charge in [-0.15, -0.1) is 0 Å². The number of pyridine rings is 1. The van der Waals surface area contributed by atoms with Gasteiger partial charge in [-0.1, -0.05) is 36.5 Å². The maximum atomic E-state index is 12.2. The van der Waals surface area contributed by atoms with E-state index in [2.05, 4.69) is 0 Å². The van der Waals surface area contributed by atoms with E-state index in [4.69, 9.17) is 27.9 Å². The van der Waals surface area contributed by atoms with Crippen molar-refractivity contribution in [2.45, 2.75) is 33.2 Å². The molecule has 0 aliphatic heterocycles. The zero-order chi connectivity index (χ0) is 17.9. The lowest BCUT2D eigenvalue weighted by molar-refractivity contribution is -0.384. The van der Waals surface area contributed by atoms with Crippen molar-refractivity contribution in [1.82, 2.24) is 4.57 Å². The van der Waals surface area contributed by atoms with E-state index >= 15 is 0 Å². The Balaban J connectivity index is 2.46. The summed E-state index contributed by atoms with van der Waals surface area (Å²) in [5.74, 6) is 0.519. The van der Waals surface area contributed by atoms with E-state index in [9.17, 15) is 14.9 Å². The molecule has 0 saturated carbocycles. The zero-order valence-electron chi connectivity index (χ0n) is 13.2. The SMILES string of the molecule is CCCc1cc(Oc2c(Cl)cc([N+](=O)[O-])cc2Cl)cn(CC)c1=O. The van der Waals surface area contributed by atoms with Crippen molar-refractivity contribution < 1.29 is 9.66 Å². The van der Waals surface area contributed by atoms with Crippen molar-refractivity contribution in [2.24, 2.45) is 0 Å². The van der Waals surface area contributed by atoms with Gasteiger partial charge in [-0.05, 0) is 19.4 Å². The van der Waals surface area contributed by atoms with Gasteiger partial charge in [0.25, 0.3) is 11.2 Å². The van der Waals surface area contributed by atoms with E-state index in [0.29, 0.717) is 24.3 Å². The third-order valence-corrected chi connectivity index (χ3v) is 3.97. The molecule has 0 atom stereocenters. The summed E-state index contributed by atoms with van der Waals surface area (Å²) >= 11 is 12.1. The summed E-state index contributed by atoms with van der Waals surface area (Å²) in [5, 5.41) is 10.9. The van der Waals surface area contributed by atoms with Crippen LogP contribution in [-0.2, 0) is 13.0 Å². The second-order valence-corrected chi connectivity index (χ2v) is 5.95. The molecule has 6 nitrogen and oxygen atoms in total. The zero-order valence-corrected chi connectivity index (χ0v) is 14.7. The molecule has 0 fully saturated rings. The number of nitro groups is 1. The van der Waals surface area contributed by atoms with Crippen LogP contribution < -0.4 is 10.3 Å². The summed E-state index contributed by atoms with van der Waals surface area (Å²) in [6.07, 6.45) is 3.01. The second-order valence-electron chi connectivity index (χ2n) is 5.14. The standard InChI is InChI=1S/C16H16Cl2N2O4/c1-3-5-10-6-12(9-19(4-2)16(10)21)24-15-13(17)7-11(20(22)23)8-14(15)18/h6-9H,3-5H2,1-2H3. The summed E-state index contributed by atoms with van der Waals surface area (Å²) in [6, 6.07) is 3.99. The number of nitro benzene ring substituents is 1. The first-order valence-corrected chi connectivity index (χ1v) is 8.17. The third-order valence-electron chi connectivity index (χ3n) is 3.41. The van der Waals surface area contributed by atoms with Gasteiger partial charge in [0.1, 0.15) is 5.75 Å². The number of ether oxygens (including phenoxy) is 1.